The Morgan fingerprint density at radius 3 is 2.52 bits per heavy atom. The second kappa shape index (κ2) is 7.59. The lowest BCUT2D eigenvalue weighted by atomic mass is 9.72. The highest BCUT2D eigenvalue weighted by atomic mass is 19.1. The van der Waals surface area contributed by atoms with Crippen LogP contribution in [-0.4, -0.2) is 32.6 Å². The number of hydrogen-bond acceptors (Lipinski definition) is 7. The van der Waals surface area contributed by atoms with Crippen LogP contribution in [0.4, 0.5) is 10.3 Å². The number of nitrogens with zero attached hydrogens (tertiary/aromatic N) is 3. The average Bonchev–Trinajstić information content (AvgIpc) is 3.08. The number of esters is 1. The maximum atomic E-state index is 13.9. The van der Waals surface area contributed by atoms with Gasteiger partial charge >= 0.3 is 5.97 Å². The predicted octanol–water partition coefficient (Wildman–Crippen LogP) is 2.23. The molecular weight excluding hydrogens is 431 g/mol. The molecule has 33 heavy (non-hydrogen) atoms. The van der Waals surface area contributed by atoms with Gasteiger partial charge in [0.2, 0.25) is 5.95 Å². The van der Waals surface area contributed by atoms with Crippen molar-refractivity contribution in [1.29, 1.82) is 0 Å². The molecule has 0 radical (unpaired) electrons. The van der Waals surface area contributed by atoms with Crippen LogP contribution < -0.4 is 10.0 Å². The smallest absolute Gasteiger partial charge is 0.345 e. The number of pyridine rings is 1. The predicted molar refractivity (Wildman–Crippen MR) is 112 cm³/mol. The second-order valence-corrected chi connectivity index (χ2v) is 8.28. The number of aliphatic hydroxyl groups is 1. The standard InChI is InChI=1S/C23H19FN4O5/c24-18-4-2-1-3-15(18)14-11-25-21(26-12-14)27-20(30)22(31)6-8-23(9-7-22)17-5-10-28(32)13-16(17)19(29)33-23/h1-5,10-13,31H,6-9H2,(H,25,26,27,30). The first-order chi connectivity index (χ1) is 15.8. The quantitative estimate of drug-likeness (QED) is 0.356. The summed E-state index contributed by atoms with van der Waals surface area (Å²) in [6.07, 6.45) is 5.73. The van der Waals surface area contributed by atoms with E-state index in [1.807, 2.05) is 0 Å². The number of carbonyl (C=O) groups is 2. The van der Waals surface area contributed by atoms with E-state index in [0.717, 1.165) is 0 Å². The minimum atomic E-state index is -1.71. The van der Waals surface area contributed by atoms with E-state index in [0.29, 0.717) is 21.4 Å². The summed E-state index contributed by atoms with van der Waals surface area (Å²) < 4.78 is 20.0. The third kappa shape index (κ3) is 3.58. The molecule has 0 atom stereocenters. The molecule has 1 aliphatic carbocycles. The van der Waals surface area contributed by atoms with Crippen LogP contribution in [0.15, 0.2) is 55.1 Å². The molecule has 5 rings (SSSR count). The highest BCUT2D eigenvalue weighted by molar-refractivity contribution is 5.96. The fourth-order valence-electron chi connectivity index (χ4n) is 4.44. The van der Waals surface area contributed by atoms with E-state index < -0.39 is 28.9 Å². The minimum Gasteiger partial charge on any atom is -0.619 e. The van der Waals surface area contributed by atoms with Gasteiger partial charge in [0.05, 0.1) is 0 Å². The van der Waals surface area contributed by atoms with E-state index in [-0.39, 0.29) is 37.2 Å². The Labute approximate surface area is 187 Å². The molecule has 10 heteroatoms. The number of anilines is 1. The van der Waals surface area contributed by atoms with Crippen molar-refractivity contribution < 1.29 is 28.6 Å². The molecule has 0 saturated heterocycles. The Bertz CT molecular complexity index is 1260. The maximum absolute atomic E-state index is 13.9. The number of fused-ring (bicyclic) bond motifs is 2. The molecule has 3 aromatic rings. The first kappa shape index (κ1) is 21.0. The van der Waals surface area contributed by atoms with Crippen molar-refractivity contribution in [3.8, 4) is 11.1 Å². The monoisotopic (exact) mass is 450 g/mol. The summed E-state index contributed by atoms with van der Waals surface area (Å²) in [5.74, 6) is -1.70. The highest BCUT2D eigenvalue weighted by Gasteiger charge is 2.53. The van der Waals surface area contributed by atoms with E-state index in [1.165, 1.54) is 30.9 Å². The lowest BCUT2D eigenvalue weighted by Crippen LogP contribution is -2.49. The van der Waals surface area contributed by atoms with Gasteiger partial charge in [-0.1, -0.05) is 18.2 Å². The van der Waals surface area contributed by atoms with Gasteiger partial charge in [-0.3, -0.25) is 10.1 Å². The zero-order valence-corrected chi connectivity index (χ0v) is 17.3. The zero-order valence-electron chi connectivity index (χ0n) is 17.3. The van der Waals surface area contributed by atoms with E-state index in [2.05, 4.69) is 15.3 Å². The Morgan fingerprint density at radius 2 is 1.82 bits per heavy atom. The van der Waals surface area contributed by atoms with Gasteiger partial charge in [0.15, 0.2) is 12.4 Å². The van der Waals surface area contributed by atoms with Gasteiger partial charge < -0.3 is 15.1 Å². The number of hydrogen-bond donors (Lipinski definition) is 2. The number of aromatic nitrogens is 3. The van der Waals surface area contributed by atoms with Crippen LogP contribution in [0.1, 0.15) is 41.6 Å². The first-order valence-corrected chi connectivity index (χ1v) is 10.4. The first-order valence-electron chi connectivity index (χ1n) is 10.4. The van der Waals surface area contributed by atoms with Crippen LogP contribution in [-0.2, 0) is 15.1 Å². The summed E-state index contributed by atoms with van der Waals surface area (Å²) in [6, 6.07) is 7.74. The van der Waals surface area contributed by atoms with Crippen molar-refractivity contribution in [3.05, 3.63) is 77.3 Å². The van der Waals surface area contributed by atoms with Crippen molar-refractivity contribution in [2.45, 2.75) is 36.9 Å². The molecular formula is C23H19FN4O5. The number of carbonyl (C=O) groups excluding carboxylic acids is 2. The zero-order chi connectivity index (χ0) is 23.2. The van der Waals surface area contributed by atoms with Crippen molar-refractivity contribution in [2.75, 3.05) is 5.32 Å². The third-order valence-electron chi connectivity index (χ3n) is 6.30. The van der Waals surface area contributed by atoms with E-state index in [9.17, 15) is 24.3 Å². The van der Waals surface area contributed by atoms with Gasteiger partial charge in [0, 0.05) is 35.2 Å². The molecule has 0 bridgehead atoms. The molecule has 1 amide bonds. The molecule has 3 heterocycles. The number of amides is 1. The number of rotatable bonds is 3. The van der Waals surface area contributed by atoms with Crippen molar-refractivity contribution in [2.24, 2.45) is 0 Å². The van der Waals surface area contributed by atoms with Crippen LogP contribution in [0, 0.1) is 11.0 Å². The summed E-state index contributed by atoms with van der Waals surface area (Å²) in [7, 11) is 0. The third-order valence-corrected chi connectivity index (χ3v) is 6.30. The second-order valence-electron chi connectivity index (χ2n) is 8.28. The molecule has 2 aromatic heterocycles. The van der Waals surface area contributed by atoms with Gasteiger partial charge in [-0.25, -0.2) is 19.2 Å². The molecule has 1 aliphatic heterocycles. The number of nitrogens with one attached hydrogen (secondary N) is 1. The van der Waals surface area contributed by atoms with Gasteiger partial charge in [0.1, 0.15) is 22.6 Å². The highest BCUT2D eigenvalue weighted by Crippen LogP contribution is 2.49. The molecule has 9 nitrogen and oxygen atoms in total. The van der Waals surface area contributed by atoms with Crippen LogP contribution in [0.3, 0.4) is 0 Å². The van der Waals surface area contributed by atoms with Crippen molar-refractivity contribution in [3.63, 3.8) is 0 Å². The molecule has 2 N–H and O–H groups in total. The summed E-state index contributed by atoms with van der Waals surface area (Å²) in [4.78, 5) is 33.1. The van der Waals surface area contributed by atoms with Gasteiger partial charge in [-0.2, -0.15) is 4.73 Å². The largest absolute Gasteiger partial charge is 0.619 e. The molecule has 0 unspecified atom stereocenters. The van der Waals surface area contributed by atoms with Gasteiger partial charge in [-0.05, 0) is 31.7 Å². The SMILES string of the molecule is O=C1OC2(CCC(O)(C(=O)Nc3ncc(-c4ccccc4F)cn3)CC2)c2cc[n+]([O-])cc21. The molecule has 1 spiro atoms. The molecule has 1 aromatic carbocycles. The van der Waals surface area contributed by atoms with Crippen LogP contribution in [0.25, 0.3) is 11.1 Å². The number of ether oxygens (including phenoxy) is 1. The van der Waals surface area contributed by atoms with Crippen LogP contribution in [0.2, 0.25) is 0 Å². The molecule has 1 fully saturated rings. The van der Waals surface area contributed by atoms with Gasteiger partial charge in [-0.15, -0.1) is 0 Å². The lowest BCUT2D eigenvalue weighted by molar-refractivity contribution is -0.605. The van der Waals surface area contributed by atoms with Gasteiger partial charge in [0.25, 0.3) is 5.91 Å². The summed E-state index contributed by atoms with van der Waals surface area (Å²) >= 11 is 0. The Hall–Kier alpha value is -3.92. The van der Waals surface area contributed by atoms with Crippen molar-refractivity contribution in [1.82, 2.24) is 9.97 Å². The topological polar surface area (TPSA) is 128 Å². The average molecular weight is 450 g/mol. The Kier molecular flexibility index (Phi) is 4.82. The molecule has 168 valence electrons. The maximum Gasteiger partial charge on any atom is 0.345 e. The van der Waals surface area contributed by atoms with Crippen LogP contribution in [0.5, 0.6) is 0 Å². The summed E-state index contributed by atoms with van der Waals surface area (Å²) in [6.45, 7) is 0. The fraction of sp³-hybridized carbons (Fsp3) is 0.261. The molecule has 2 aliphatic rings. The summed E-state index contributed by atoms with van der Waals surface area (Å²) in [5.41, 5.74) is -1.10. The Balaban J connectivity index is 1.28. The Morgan fingerprint density at radius 1 is 1.12 bits per heavy atom. The fourth-order valence-corrected chi connectivity index (χ4v) is 4.44. The van der Waals surface area contributed by atoms with E-state index in [1.54, 1.807) is 24.3 Å². The number of benzene rings is 1. The van der Waals surface area contributed by atoms with E-state index in [4.69, 9.17) is 4.74 Å². The minimum absolute atomic E-state index is 0.0218. The van der Waals surface area contributed by atoms with E-state index >= 15 is 0 Å². The van der Waals surface area contributed by atoms with Crippen molar-refractivity contribution >= 4 is 17.8 Å². The summed E-state index contributed by atoms with van der Waals surface area (Å²) in [5, 5.41) is 25.0. The molecule has 1 saturated carbocycles. The number of halogens is 1. The van der Waals surface area contributed by atoms with Crippen LogP contribution >= 0.6 is 0 Å². The lowest BCUT2D eigenvalue weighted by Gasteiger charge is -2.40. The normalized spacial score (nSPS) is 23.8.